The van der Waals surface area contributed by atoms with Gasteiger partial charge < -0.3 is 20.3 Å². The summed E-state index contributed by atoms with van der Waals surface area (Å²) in [6, 6.07) is 14.3. The molecule has 0 spiro atoms. The van der Waals surface area contributed by atoms with Gasteiger partial charge in [0.2, 0.25) is 5.91 Å². The number of amides is 3. The maximum absolute atomic E-state index is 13.8. The number of anilines is 1. The molecular formula is C29H41N3O4. The summed E-state index contributed by atoms with van der Waals surface area (Å²) in [7, 11) is 0. The van der Waals surface area contributed by atoms with Gasteiger partial charge in [0.25, 0.3) is 5.91 Å². The largest absolute Gasteiger partial charge is 0.444 e. The fraction of sp³-hybridized carbons (Fsp3) is 0.483. The van der Waals surface area contributed by atoms with Crippen LogP contribution >= 0.6 is 0 Å². The Balaban J connectivity index is 2.35. The smallest absolute Gasteiger partial charge is 0.408 e. The van der Waals surface area contributed by atoms with Gasteiger partial charge in [0.1, 0.15) is 18.2 Å². The molecule has 0 saturated heterocycles. The second-order valence-electron chi connectivity index (χ2n) is 10.1. The van der Waals surface area contributed by atoms with Crippen molar-refractivity contribution in [2.45, 2.75) is 78.9 Å². The maximum atomic E-state index is 13.8. The monoisotopic (exact) mass is 495 g/mol. The van der Waals surface area contributed by atoms with Crippen LogP contribution in [0.5, 0.6) is 0 Å². The van der Waals surface area contributed by atoms with Crippen molar-refractivity contribution < 1.29 is 19.1 Å². The van der Waals surface area contributed by atoms with Crippen LogP contribution < -0.4 is 10.6 Å². The first-order valence-corrected chi connectivity index (χ1v) is 12.7. The van der Waals surface area contributed by atoms with Gasteiger partial charge in [-0.1, -0.05) is 74.7 Å². The fourth-order valence-corrected chi connectivity index (χ4v) is 3.98. The van der Waals surface area contributed by atoms with E-state index in [1.807, 2.05) is 62.4 Å². The molecule has 2 rings (SSSR count). The Hall–Kier alpha value is -3.35. The van der Waals surface area contributed by atoms with Gasteiger partial charge in [-0.25, -0.2) is 4.79 Å². The summed E-state index contributed by atoms with van der Waals surface area (Å²) in [6.45, 7) is 11.4. The summed E-state index contributed by atoms with van der Waals surface area (Å²) in [5.41, 5.74) is 2.67. The van der Waals surface area contributed by atoms with Crippen LogP contribution in [0.25, 0.3) is 0 Å². The fourth-order valence-electron chi connectivity index (χ4n) is 3.98. The summed E-state index contributed by atoms with van der Waals surface area (Å²) < 4.78 is 5.28. The van der Waals surface area contributed by atoms with Crippen LogP contribution in [-0.2, 0) is 14.3 Å². The minimum absolute atomic E-state index is 0.261. The van der Waals surface area contributed by atoms with E-state index in [1.54, 1.807) is 25.7 Å². The van der Waals surface area contributed by atoms with Crippen LogP contribution in [0.15, 0.2) is 48.5 Å². The number of aryl methyl sites for hydroxylation is 2. The summed E-state index contributed by atoms with van der Waals surface area (Å²) in [6.07, 6.45) is 3.14. The summed E-state index contributed by atoms with van der Waals surface area (Å²) in [5, 5.41) is 5.62. The number of carbonyl (C=O) groups is 3. The molecule has 196 valence electrons. The van der Waals surface area contributed by atoms with Gasteiger partial charge >= 0.3 is 6.09 Å². The standard InChI is InChI=1S/C29H41N3O4/c1-7-8-9-13-19-32(24(33)20-30-28(35)36-29(4,5)6)26(23-17-11-10-12-18-23)27(34)31-25-21(2)15-14-16-22(25)3/h10-12,14-18,26H,7-9,13,19-20H2,1-6H3,(H,30,35)(H,31,34). The van der Waals surface area contributed by atoms with Crippen LogP contribution in [0.2, 0.25) is 0 Å². The van der Waals surface area contributed by atoms with Crippen LogP contribution in [-0.4, -0.2) is 41.5 Å². The highest BCUT2D eigenvalue weighted by Crippen LogP contribution is 2.26. The van der Waals surface area contributed by atoms with E-state index in [9.17, 15) is 14.4 Å². The van der Waals surface area contributed by atoms with Gasteiger partial charge in [-0.3, -0.25) is 9.59 Å². The lowest BCUT2D eigenvalue weighted by atomic mass is 10.0. The van der Waals surface area contributed by atoms with Gasteiger partial charge in [-0.15, -0.1) is 0 Å². The Bertz CT molecular complexity index is 995. The first-order valence-electron chi connectivity index (χ1n) is 12.7. The molecule has 2 aromatic rings. The van der Waals surface area contributed by atoms with Crippen molar-refractivity contribution in [1.82, 2.24) is 10.2 Å². The molecule has 7 nitrogen and oxygen atoms in total. The topological polar surface area (TPSA) is 87.7 Å². The van der Waals surface area contributed by atoms with Crippen LogP contribution in [0.1, 0.15) is 76.1 Å². The van der Waals surface area contributed by atoms with E-state index >= 15 is 0 Å². The van der Waals surface area contributed by atoms with Gasteiger partial charge in [0.15, 0.2) is 0 Å². The number of hydrogen-bond acceptors (Lipinski definition) is 4. The van der Waals surface area contributed by atoms with Crippen molar-refractivity contribution in [3.8, 4) is 0 Å². The van der Waals surface area contributed by atoms with Crippen molar-refractivity contribution in [3.63, 3.8) is 0 Å². The van der Waals surface area contributed by atoms with E-state index < -0.39 is 17.7 Å². The van der Waals surface area contributed by atoms with Gasteiger partial charge in [0.05, 0.1) is 0 Å². The quantitative estimate of drug-likeness (QED) is 0.379. The molecule has 0 bridgehead atoms. The molecule has 0 aliphatic carbocycles. The Morgan fingerprint density at radius 1 is 0.917 bits per heavy atom. The molecule has 0 fully saturated rings. The highest BCUT2D eigenvalue weighted by molar-refractivity contribution is 5.99. The van der Waals surface area contributed by atoms with Gasteiger partial charge in [-0.05, 0) is 57.7 Å². The molecule has 0 saturated carbocycles. The Morgan fingerprint density at radius 3 is 2.14 bits per heavy atom. The molecule has 0 aliphatic rings. The number of alkyl carbamates (subject to hydrolysis) is 1. The predicted octanol–water partition coefficient (Wildman–Crippen LogP) is 5.92. The molecule has 36 heavy (non-hydrogen) atoms. The minimum atomic E-state index is -0.847. The predicted molar refractivity (Wildman–Crippen MR) is 144 cm³/mol. The van der Waals surface area contributed by atoms with E-state index in [0.29, 0.717) is 12.1 Å². The average Bonchev–Trinajstić information content (AvgIpc) is 2.81. The lowest BCUT2D eigenvalue weighted by Gasteiger charge is -2.32. The second-order valence-corrected chi connectivity index (χ2v) is 10.1. The number of nitrogens with zero attached hydrogens (tertiary/aromatic N) is 1. The number of unbranched alkanes of at least 4 members (excludes halogenated alkanes) is 3. The first kappa shape index (κ1) is 28.9. The Labute approximate surface area is 215 Å². The van der Waals surface area contributed by atoms with Gasteiger partial charge in [0, 0.05) is 12.2 Å². The second kappa shape index (κ2) is 13.7. The van der Waals surface area contributed by atoms with Gasteiger partial charge in [-0.2, -0.15) is 0 Å². The van der Waals surface area contributed by atoms with Crippen molar-refractivity contribution in [2.24, 2.45) is 0 Å². The molecule has 2 aromatic carbocycles. The normalized spacial score (nSPS) is 11.9. The number of benzene rings is 2. The summed E-state index contributed by atoms with van der Waals surface area (Å²) in [5.74, 6) is -0.637. The van der Waals surface area contributed by atoms with E-state index in [2.05, 4.69) is 17.6 Å². The number of rotatable bonds is 11. The average molecular weight is 496 g/mol. The lowest BCUT2D eigenvalue weighted by molar-refractivity contribution is -0.138. The van der Waals surface area contributed by atoms with E-state index in [-0.39, 0.29) is 18.4 Å². The first-order chi connectivity index (χ1) is 17.0. The molecule has 2 N–H and O–H groups in total. The molecule has 1 atom stereocenters. The number of ether oxygens (including phenoxy) is 1. The Morgan fingerprint density at radius 2 is 1.56 bits per heavy atom. The highest BCUT2D eigenvalue weighted by atomic mass is 16.6. The third-order valence-electron chi connectivity index (χ3n) is 5.76. The number of para-hydroxylation sites is 1. The third kappa shape index (κ3) is 9.02. The zero-order chi connectivity index (χ0) is 26.7. The van der Waals surface area contributed by atoms with E-state index in [4.69, 9.17) is 4.74 Å². The summed E-state index contributed by atoms with van der Waals surface area (Å²) >= 11 is 0. The molecule has 0 radical (unpaired) electrons. The molecule has 0 aromatic heterocycles. The number of nitrogens with one attached hydrogen (secondary N) is 2. The number of carbonyl (C=O) groups excluding carboxylic acids is 3. The van der Waals surface area contributed by atoms with E-state index in [0.717, 1.165) is 42.5 Å². The number of hydrogen-bond donors (Lipinski definition) is 2. The molecule has 0 aliphatic heterocycles. The molecule has 1 unspecified atom stereocenters. The van der Waals surface area contributed by atoms with E-state index in [1.165, 1.54) is 0 Å². The minimum Gasteiger partial charge on any atom is -0.444 e. The van der Waals surface area contributed by atoms with Crippen molar-refractivity contribution in [3.05, 3.63) is 65.2 Å². The van der Waals surface area contributed by atoms with Crippen LogP contribution in [0, 0.1) is 13.8 Å². The van der Waals surface area contributed by atoms with Crippen LogP contribution in [0.4, 0.5) is 10.5 Å². The van der Waals surface area contributed by atoms with Crippen molar-refractivity contribution in [2.75, 3.05) is 18.4 Å². The summed E-state index contributed by atoms with van der Waals surface area (Å²) in [4.78, 5) is 41.0. The third-order valence-corrected chi connectivity index (χ3v) is 5.76. The molecule has 0 heterocycles. The SMILES string of the molecule is CCCCCCN(C(=O)CNC(=O)OC(C)(C)C)C(C(=O)Nc1c(C)cccc1C)c1ccccc1. The maximum Gasteiger partial charge on any atom is 0.408 e. The van der Waals surface area contributed by atoms with Crippen molar-refractivity contribution >= 4 is 23.6 Å². The van der Waals surface area contributed by atoms with Crippen LogP contribution in [0.3, 0.4) is 0 Å². The highest BCUT2D eigenvalue weighted by Gasteiger charge is 2.32. The zero-order valence-electron chi connectivity index (χ0n) is 22.5. The molecule has 3 amide bonds. The van der Waals surface area contributed by atoms with Crippen molar-refractivity contribution in [1.29, 1.82) is 0 Å². The lowest BCUT2D eigenvalue weighted by Crippen LogP contribution is -2.47. The Kier molecular flexibility index (Phi) is 11.0. The zero-order valence-corrected chi connectivity index (χ0v) is 22.5. The molecule has 7 heteroatoms. The molecular weight excluding hydrogens is 454 g/mol.